The maximum absolute atomic E-state index is 13.5. The quantitative estimate of drug-likeness (QED) is 0.369. The molecule has 0 saturated carbocycles. The van der Waals surface area contributed by atoms with E-state index in [0.717, 1.165) is 20.0 Å². The van der Waals surface area contributed by atoms with E-state index >= 15 is 0 Å². The number of ether oxygens (including phenoxy) is 1. The third kappa shape index (κ3) is 5.54. The number of rotatable bonds is 9. The number of aryl methyl sites for hydroxylation is 1. The third-order valence-electron chi connectivity index (χ3n) is 4.17. The van der Waals surface area contributed by atoms with Crippen molar-refractivity contribution in [3.63, 3.8) is 0 Å². The molecule has 3 aromatic rings. The molecule has 0 unspecified atom stereocenters. The van der Waals surface area contributed by atoms with E-state index in [-0.39, 0.29) is 10.6 Å². The number of amides is 1. The van der Waals surface area contributed by atoms with Crippen LogP contribution in [0.2, 0.25) is 0 Å². The zero-order valence-corrected chi connectivity index (χ0v) is 19.7. The zero-order chi connectivity index (χ0) is 22.4. The van der Waals surface area contributed by atoms with Gasteiger partial charge < -0.3 is 4.74 Å². The molecule has 1 heterocycles. The van der Waals surface area contributed by atoms with Crippen LogP contribution in [0.4, 0.5) is 10.8 Å². The van der Waals surface area contributed by atoms with E-state index in [1.54, 1.807) is 36.4 Å². The van der Waals surface area contributed by atoms with Gasteiger partial charge >= 0.3 is 0 Å². The fourth-order valence-corrected chi connectivity index (χ4v) is 5.80. The van der Waals surface area contributed by atoms with Gasteiger partial charge in [0.1, 0.15) is 12.3 Å². The number of carbonyl (C=O) groups is 1. The Labute approximate surface area is 189 Å². The van der Waals surface area contributed by atoms with Gasteiger partial charge in [0.25, 0.3) is 10.0 Å². The first-order chi connectivity index (χ1) is 14.8. The van der Waals surface area contributed by atoms with Crippen molar-refractivity contribution >= 4 is 49.8 Å². The number of nitrogens with zero attached hydrogens (tertiary/aromatic N) is 3. The summed E-state index contributed by atoms with van der Waals surface area (Å²) in [6.07, 6.45) is 0. The summed E-state index contributed by atoms with van der Waals surface area (Å²) in [5.41, 5.74) is 1.19. The lowest BCUT2D eigenvalue weighted by atomic mass is 10.2. The van der Waals surface area contributed by atoms with E-state index in [1.165, 1.54) is 42.3 Å². The Morgan fingerprint density at radius 2 is 1.87 bits per heavy atom. The van der Waals surface area contributed by atoms with E-state index in [0.29, 0.717) is 10.9 Å². The normalized spacial score (nSPS) is 11.2. The molecular formula is C20H22N4O4S3. The van der Waals surface area contributed by atoms with Crippen molar-refractivity contribution in [2.45, 2.75) is 23.1 Å². The number of aromatic nitrogens is 2. The Kier molecular flexibility index (Phi) is 7.52. The summed E-state index contributed by atoms with van der Waals surface area (Å²) in [6.45, 7) is 3.41. The number of anilines is 2. The SMILES string of the molecule is CCSc1nnc(NC(=O)CN(c2ccccc2OC)S(=O)(=O)c2ccc(C)cc2)s1. The minimum Gasteiger partial charge on any atom is -0.495 e. The van der Waals surface area contributed by atoms with Gasteiger partial charge in [-0.1, -0.05) is 59.9 Å². The van der Waals surface area contributed by atoms with Gasteiger partial charge in [-0.05, 0) is 36.9 Å². The molecule has 164 valence electrons. The Balaban J connectivity index is 1.93. The second-order valence-corrected chi connectivity index (χ2v) is 10.7. The number of hydrogen-bond donors (Lipinski definition) is 1. The van der Waals surface area contributed by atoms with Gasteiger partial charge in [0.15, 0.2) is 4.34 Å². The maximum Gasteiger partial charge on any atom is 0.264 e. The summed E-state index contributed by atoms with van der Waals surface area (Å²) in [7, 11) is -2.59. The first-order valence-corrected chi connectivity index (χ1v) is 12.6. The molecule has 0 spiro atoms. The van der Waals surface area contributed by atoms with E-state index in [4.69, 9.17) is 4.74 Å². The molecular weight excluding hydrogens is 456 g/mol. The van der Waals surface area contributed by atoms with Gasteiger partial charge in [0, 0.05) is 0 Å². The predicted molar refractivity (Wildman–Crippen MR) is 124 cm³/mol. The molecule has 0 atom stereocenters. The molecule has 0 aliphatic rings. The van der Waals surface area contributed by atoms with Crippen molar-refractivity contribution in [3.8, 4) is 5.75 Å². The van der Waals surface area contributed by atoms with Gasteiger partial charge in [0.05, 0.1) is 17.7 Å². The topological polar surface area (TPSA) is 101 Å². The van der Waals surface area contributed by atoms with Crippen LogP contribution in [-0.2, 0) is 14.8 Å². The lowest BCUT2D eigenvalue weighted by molar-refractivity contribution is -0.114. The minimum atomic E-state index is -4.04. The molecule has 0 bridgehead atoms. The minimum absolute atomic E-state index is 0.0781. The number of hydrogen-bond acceptors (Lipinski definition) is 8. The molecule has 0 aliphatic carbocycles. The van der Waals surface area contributed by atoms with Crippen molar-refractivity contribution in [1.29, 1.82) is 0 Å². The molecule has 1 aromatic heterocycles. The summed E-state index contributed by atoms with van der Waals surface area (Å²) >= 11 is 2.75. The number of nitrogens with one attached hydrogen (secondary N) is 1. The molecule has 0 saturated heterocycles. The van der Waals surface area contributed by atoms with Crippen LogP contribution >= 0.6 is 23.1 Å². The highest BCUT2D eigenvalue weighted by molar-refractivity contribution is 8.01. The smallest absolute Gasteiger partial charge is 0.264 e. The standard InChI is InChI=1S/C20H22N4O4S3/c1-4-29-20-23-22-19(30-20)21-18(25)13-24(16-7-5-6-8-17(16)28-3)31(26,27)15-11-9-14(2)10-12-15/h5-12H,4,13H2,1-3H3,(H,21,22,25). The van der Waals surface area contributed by atoms with Crippen LogP contribution in [0, 0.1) is 6.92 Å². The lowest BCUT2D eigenvalue weighted by Gasteiger charge is -2.25. The zero-order valence-electron chi connectivity index (χ0n) is 17.2. The van der Waals surface area contributed by atoms with E-state index in [1.807, 2.05) is 13.8 Å². The molecule has 0 aliphatic heterocycles. The van der Waals surface area contributed by atoms with Gasteiger partial charge in [-0.15, -0.1) is 10.2 Å². The largest absolute Gasteiger partial charge is 0.495 e. The van der Waals surface area contributed by atoms with Gasteiger partial charge in [-0.25, -0.2) is 8.42 Å². The van der Waals surface area contributed by atoms with Gasteiger partial charge in [-0.2, -0.15) is 0 Å². The molecule has 31 heavy (non-hydrogen) atoms. The number of carbonyl (C=O) groups excluding carboxylic acids is 1. The molecule has 3 rings (SSSR count). The first kappa shape index (κ1) is 23.0. The average molecular weight is 479 g/mol. The highest BCUT2D eigenvalue weighted by Gasteiger charge is 2.29. The van der Waals surface area contributed by atoms with Gasteiger partial charge in [-0.3, -0.25) is 14.4 Å². The van der Waals surface area contributed by atoms with E-state index in [2.05, 4.69) is 15.5 Å². The number of methoxy groups -OCH3 is 1. The van der Waals surface area contributed by atoms with Crippen molar-refractivity contribution < 1.29 is 17.9 Å². The van der Waals surface area contributed by atoms with Crippen LogP contribution in [0.3, 0.4) is 0 Å². The van der Waals surface area contributed by atoms with E-state index < -0.39 is 22.5 Å². The summed E-state index contributed by atoms with van der Waals surface area (Å²) < 4.78 is 34.0. The summed E-state index contributed by atoms with van der Waals surface area (Å²) in [6, 6.07) is 13.1. The second kappa shape index (κ2) is 10.1. The molecule has 0 radical (unpaired) electrons. The van der Waals surface area contributed by atoms with Crippen LogP contribution in [0.1, 0.15) is 12.5 Å². The Morgan fingerprint density at radius 3 is 2.55 bits per heavy atom. The summed E-state index contributed by atoms with van der Waals surface area (Å²) in [5, 5.41) is 10.9. The number of sulfonamides is 1. The van der Waals surface area contributed by atoms with Crippen LogP contribution in [0.15, 0.2) is 57.8 Å². The van der Waals surface area contributed by atoms with Gasteiger partial charge in [0.2, 0.25) is 11.0 Å². The molecule has 1 N–H and O–H groups in total. The van der Waals surface area contributed by atoms with Crippen LogP contribution < -0.4 is 14.4 Å². The first-order valence-electron chi connectivity index (χ1n) is 9.33. The van der Waals surface area contributed by atoms with Crippen molar-refractivity contribution in [1.82, 2.24) is 10.2 Å². The molecule has 1 amide bonds. The fourth-order valence-electron chi connectivity index (χ4n) is 2.70. The fraction of sp³-hybridized carbons (Fsp3) is 0.250. The number of para-hydroxylation sites is 2. The molecule has 2 aromatic carbocycles. The molecule has 8 nitrogen and oxygen atoms in total. The van der Waals surface area contributed by atoms with Crippen LogP contribution in [0.25, 0.3) is 0 Å². The summed E-state index contributed by atoms with van der Waals surface area (Å²) in [4.78, 5) is 12.8. The van der Waals surface area contributed by atoms with Crippen LogP contribution in [-0.4, -0.2) is 43.9 Å². The Hall–Kier alpha value is -2.63. The maximum atomic E-state index is 13.5. The average Bonchev–Trinajstić information content (AvgIpc) is 3.19. The Bertz CT molecular complexity index is 1150. The second-order valence-electron chi connectivity index (χ2n) is 6.35. The number of thioether (sulfide) groups is 1. The predicted octanol–water partition coefficient (Wildman–Crippen LogP) is 3.80. The summed E-state index contributed by atoms with van der Waals surface area (Å²) in [5.74, 6) is 0.633. The van der Waals surface area contributed by atoms with E-state index in [9.17, 15) is 13.2 Å². The van der Waals surface area contributed by atoms with Crippen molar-refractivity contribution in [3.05, 3.63) is 54.1 Å². The highest BCUT2D eigenvalue weighted by atomic mass is 32.2. The van der Waals surface area contributed by atoms with Crippen molar-refractivity contribution in [2.75, 3.05) is 29.0 Å². The Morgan fingerprint density at radius 1 is 1.16 bits per heavy atom. The third-order valence-corrected chi connectivity index (χ3v) is 7.80. The lowest BCUT2D eigenvalue weighted by Crippen LogP contribution is -2.38. The van der Waals surface area contributed by atoms with Crippen LogP contribution in [0.5, 0.6) is 5.75 Å². The molecule has 11 heteroatoms. The number of benzene rings is 2. The highest BCUT2D eigenvalue weighted by Crippen LogP contribution is 2.32. The van der Waals surface area contributed by atoms with Crippen molar-refractivity contribution in [2.24, 2.45) is 0 Å². The monoisotopic (exact) mass is 478 g/mol. The molecule has 0 fully saturated rings.